The Hall–Kier alpha value is -3.66. The lowest BCUT2D eigenvalue weighted by Crippen LogP contribution is -2.84. The number of non-ortho nitro benzene ring substituents is 1. The van der Waals surface area contributed by atoms with Gasteiger partial charge in [-0.1, -0.05) is 6.07 Å². The van der Waals surface area contributed by atoms with Crippen LogP contribution < -0.4 is 16.0 Å². The summed E-state index contributed by atoms with van der Waals surface area (Å²) in [5.74, 6) is -1.21. The van der Waals surface area contributed by atoms with E-state index in [2.05, 4.69) is 10.6 Å². The number of amides is 2. The van der Waals surface area contributed by atoms with Gasteiger partial charge in [0.1, 0.15) is 6.54 Å². The van der Waals surface area contributed by atoms with Crippen molar-refractivity contribution in [1.29, 1.82) is 0 Å². The molecule has 0 heterocycles. The number of nitro groups is 1. The summed E-state index contributed by atoms with van der Waals surface area (Å²) in [6.07, 6.45) is 0. The van der Waals surface area contributed by atoms with Crippen LogP contribution in [0.4, 0.5) is 5.69 Å². The molecule has 148 valence electrons. The van der Waals surface area contributed by atoms with E-state index in [0.717, 1.165) is 0 Å². The highest BCUT2D eigenvalue weighted by molar-refractivity contribution is 5.96. The molecule has 0 atom stereocenters. The maximum atomic E-state index is 11.9. The van der Waals surface area contributed by atoms with Crippen LogP contribution in [0, 0.1) is 10.1 Å². The molecule has 10 nitrogen and oxygen atoms in total. The van der Waals surface area contributed by atoms with Gasteiger partial charge in [-0.3, -0.25) is 19.7 Å². The van der Waals surface area contributed by atoms with E-state index in [1.165, 1.54) is 30.3 Å². The first kappa shape index (κ1) is 20.6. The number of nitrogens with one attached hydrogen (secondary N) is 2. The average molecular weight is 389 g/mol. The van der Waals surface area contributed by atoms with Crippen LogP contribution in [-0.2, 0) is 11.3 Å². The van der Waals surface area contributed by atoms with Crippen molar-refractivity contribution < 1.29 is 30.0 Å². The Kier molecular flexibility index (Phi) is 7.28. The van der Waals surface area contributed by atoms with Gasteiger partial charge in [0.15, 0.2) is 11.5 Å². The zero-order valence-electron chi connectivity index (χ0n) is 14.9. The molecular weight excluding hydrogens is 368 g/mol. The molecule has 0 radical (unpaired) electrons. The summed E-state index contributed by atoms with van der Waals surface area (Å²) >= 11 is 0. The molecule has 2 aromatic carbocycles. The number of aromatic hydroxyl groups is 2. The second-order valence-electron chi connectivity index (χ2n) is 5.90. The van der Waals surface area contributed by atoms with Gasteiger partial charge in [0.05, 0.1) is 30.1 Å². The second-order valence-corrected chi connectivity index (χ2v) is 5.90. The monoisotopic (exact) mass is 389 g/mol. The van der Waals surface area contributed by atoms with Gasteiger partial charge >= 0.3 is 0 Å². The topological polar surface area (TPSA) is 158 Å². The van der Waals surface area contributed by atoms with Gasteiger partial charge in [0.2, 0.25) is 5.91 Å². The third-order valence-corrected chi connectivity index (χ3v) is 3.88. The summed E-state index contributed by atoms with van der Waals surface area (Å²) in [4.78, 5) is 33.7. The fourth-order valence-electron chi connectivity index (χ4n) is 2.37. The van der Waals surface area contributed by atoms with Crippen LogP contribution in [0.1, 0.15) is 15.9 Å². The van der Waals surface area contributed by atoms with Crippen molar-refractivity contribution in [1.82, 2.24) is 10.6 Å². The summed E-state index contributed by atoms with van der Waals surface area (Å²) in [5, 5.41) is 36.6. The Labute approximate surface area is 160 Å². The number of phenols is 2. The van der Waals surface area contributed by atoms with E-state index in [9.17, 15) is 29.9 Å². The molecule has 0 aromatic heterocycles. The molecule has 6 N–H and O–H groups in total. The third-order valence-electron chi connectivity index (χ3n) is 3.88. The van der Waals surface area contributed by atoms with E-state index in [4.69, 9.17) is 0 Å². The lowest BCUT2D eigenvalue weighted by molar-refractivity contribution is -0.668. The lowest BCUT2D eigenvalue weighted by Gasteiger charge is -2.08. The number of nitrogens with zero attached hydrogens (tertiary/aromatic N) is 1. The zero-order valence-corrected chi connectivity index (χ0v) is 14.9. The Balaban J connectivity index is 1.65. The van der Waals surface area contributed by atoms with Gasteiger partial charge < -0.3 is 26.2 Å². The molecule has 0 unspecified atom stereocenters. The highest BCUT2D eigenvalue weighted by Crippen LogP contribution is 2.27. The number of nitro benzene ring substituents is 1. The molecule has 0 aliphatic heterocycles. The van der Waals surface area contributed by atoms with Gasteiger partial charge in [-0.25, -0.2) is 0 Å². The van der Waals surface area contributed by atoms with Crippen molar-refractivity contribution in [2.24, 2.45) is 0 Å². The van der Waals surface area contributed by atoms with Crippen molar-refractivity contribution in [3.63, 3.8) is 0 Å². The number of carbonyl (C=O) groups is 2. The first-order chi connectivity index (χ1) is 13.4. The quantitative estimate of drug-likeness (QED) is 0.170. The normalized spacial score (nSPS) is 10.3. The zero-order chi connectivity index (χ0) is 20.5. The van der Waals surface area contributed by atoms with E-state index < -0.39 is 10.8 Å². The van der Waals surface area contributed by atoms with Crippen molar-refractivity contribution in [2.45, 2.75) is 6.54 Å². The van der Waals surface area contributed by atoms with Crippen LogP contribution in [0.3, 0.4) is 0 Å². The molecule has 0 aliphatic carbocycles. The van der Waals surface area contributed by atoms with Crippen LogP contribution >= 0.6 is 0 Å². The Morgan fingerprint density at radius 2 is 1.79 bits per heavy atom. The number of nitrogens with two attached hydrogens (primary N) is 1. The Morgan fingerprint density at radius 1 is 1.07 bits per heavy atom. The Bertz CT molecular complexity index is 854. The highest BCUT2D eigenvalue weighted by Gasteiger charge is 2.11. The number of hydrogen-bond acceptors (Lipinski definition) is 6. The summed E-state index contributed by atoms with van der Waals surface area (Å²) in [6.45, 7) is 1.11. The van der Waals surface area contributed by atoms with E-state index in [1.807, 2.05) is 5.32 Å². The van der Waals surface area contributed by atoms with Gasteiger partial charge in [0.25, 0.3) is 11.6 Å². The molecule has 0 bridgehead atoms. The third kappa shape index (κ3) is 5.95. The van der Waals surface area contributed by atoms with E-state index in [1.54, 1.807) is 12.1 Å². The molecule has 2 aromatic rings. The molecular formula is C18H21N4O6+. The Morgan fingerprint density at radius 3 is 2.46 bits per heavy atom. The number of quaternary nitrogens is 1. The molecule has 0 aliphatic rings. The highest BCUT2D eigenvalue weighted by atomic mass is 16.6. The minimum Gasteiger partial charge on any atom is -0.504 e. The van der Waals surface area contributed by atoms with Gasteiger partial charge in [-0.05, 0) is 24.3 Å². The molecule has 2 rings (SSSR count). The summed E-state index contributed by atoms with van der Waals surface area (Å²) < 4.78 is 0. The first-order valence-corrected chi connectivity index (χ1v) is 8.49. The number of para-hydroxylation sites is 1. The molecule has 2 amide bonds. The number of carbonyl (C=O) groups excluding carboxylic acids is 2. The predicted octanol–water partition coefficient (Wildman–Crippen LogP) is -0.384. The fraction of sp³-hybridized carbons (Fsp3) is 0.222. The smallest absolute Gasteiger partial charge is 0.269 e. The minimum absolute atomic E-state index is 0.121. The van der Waals surface area contributed by atoms with Crippen molar-refractivity contribution in [3.05, 3.63) is 63.7 Å². The van der Waals surface area contributed by atoms with Gasteiger partial charge in [-0.2, -0.15) is 0 Å². The molecule has 0 saturated heterocycles. The van der Waals surface area contributed by atoms with E-state index in [0.29, 0.717) is 25.2 Å². The molecule has 0 fully saturated rings. The van der Waals surface area contributed by atoms with Crippen molar-refractivity contribution in [3.8, 4) is 11.5 Å². The number of hydrogen-bond donors (Lipinski definition) is 5. The van der Waals surface area contributed by atoms with Crippen LogP contribution in [-0.4, -0.2) is 46.6 Å². The fourth-order valence-corrected chi connectivity index (χ4v) is 2.37. The molecule has 0 spiro atoms. The van der Waals surface area contributed by atoms with Gasteiger partial charge in [-0.15, -0.1) is 0 Å². The maximum Gasteiger partial charge on any atom is 0.269 e. The summed E-state index contributed by atoms with van der Waals surface area (Å²) in [7, 11) is 0. The van der Waals surface area contributed by atoms with E-state index >= 15 is 0 Å². The van der Waals surface area contributed by atoms with Crippen LogP contribution in [0.25, 0.3) is 0 Å². The first-order valence-electron chi connectivity index (χ1n) is 8.49. The maximum absolute atomic E-state index is 11.9. The van der Waals surface area contributed by atoms with Crippen molar-refractivity contribution in [2.75, 3.05) is 19.6 Å². The number of benzene rings is 2. The SMILES string of the molecule is O=C(CNC(=O)c1ccc([N+](=O)[O-])cc1)NCC[NH2+]Cc1cccc(O)c1O. The number of rotatable bonds is 9. The largest absolute Gasteiger partial charge is 0.504 e. The second kappa shape index (κ2) is 9.88. The summed E-state index contributed by atoms with van der Waals surface area (Å²) in [5.41, 5.74) is 0.684. The predicted molar refractivity (Wildman–Crippen MR) is 98.7 cm³/mol. The summed E-state index contributed by atoms with van der Waals surface area (Å²) in [6, 6.07) is 9.79. The van der Waals surface area contributed by atoms with Crippen molar-refractivity contribution >= 4 is 17.5 Å². The molecule has 10 heteroatoms. The minimum atomic E-state index is -0.561. The van der Waals surface area contributed by atoms with Crippen LogP contribution in [0.15, 0.2) is 42.5 Å². The number of phenolic OH excluding ortho intramolecular Hbond substituents is 2. The van der Waals surface area contributed by atoms with Crippen LogP contribution in [0.2, 0.25) is 0 Å². The standard InChI is InChI=1S/C18H20N4O6/c23-15-3-1-2-13(17(15)25)10-19-8-9-20-16(24)11-21-18(26)12-4-6-14(7-5-12)22(27)28/h1-7,19,23,25H,8-11H2,(H,20,24)(H,21,26)/p+1. The lowest BCUT2D eigenvalue weighted by atomic mass is 10.2. The molecule has 0 saturated carbocycles. The van der Waals surface area contributed by atoms with Gasteiger partial charge in [0, 0.05) is 17.7 Å². The van der Waals surface area contributed by atoms with E-state index in [-0.39, 0.29) is 35.2 Å². The average Bonchev–Trinajstić information content (AvgIpc) is 2.69. The molecule has 28 heavy (non-hydrogen) atoms. The van der Waals surface area contributed by atoms with Crippen LogP contribution in [0.5, 0.6) is 11.5 Å².